The van der Waals surface area contributed by atoms with E-state index in [-0.39, 0.29) is 48.3 Å². The molecule has 0 aromatic heterocycles. The number of piperazine rings is 1. The molecule has 0 bridgehead atoms. The van der Waals surface area contributed by atoms with Crippen molar-refractivity contribution in [3.05, 3.63) is 59.2 Å². The van der Waals surface area contributed by atoms with E-state index in [4.69, 9.17) is 4.74 Å². The van der Waals surface area contributed by atoms with Crippen LogP contribution in [-0.2, 0) is 10.0 Å². The number of methoxy groups -OCH3 is 1. The van der Waals surface area contributed by atoms with Gasteiger partial charge in [-0.25, -0.2) is 8.42 Å². The fraction of sp³-hybridized carbons (Fsp3) is 0.300. The molecule has 9 heteroatoms. The Hall–Kier alpha value is -2.91. The van der Waals surface area contributed by atoms with Gasteiger partial charge in [0.25, 0.3) is 5.91 Å². The highest BCUT2D eigenvalue weighted by Gasteiger charge is 2.32. The van der Waals surface area contributed by atoms with Crippen LogP contribution >= 0.6 is 0 Å². The third-order valence-corrected chi connectivity index (χ3v) is 6.75. The van der Waals surface area contributed by atoms with Crippen molar-refractivity contribution < 1.29 is 27.9 Å². The highest BCUT2D eigenvalue weighted by atomic mass is 32.2. The number of benzene rings is 2. The number of carboxylic acids is 1. The van der Waals surface area contributed by atoms with Crippen molar-refractivity contribution in [2.75, 3.05) is 33.3 Å². The SMILES string of the molecule is COc1ccc(C)cc1S(=O)(=O)N1CCN(C(=O)c2ccc(C(=O)[O-])cc2)CC1. The van der Waals surface area contributed by atoms with E-state index in [0.717, 1.165) is 5.56 Å². The van der Waals surface area contributed by atoms with Crippen LogP contribution in [0.1, 0.15) is 26.3 Å². The van der Waals surface area contributed by atoms with E-state index in [1.807, 2.05) is 0 Å². The van der Waals surface area contributed by atoms with Gasteiger partial charge in [0.15, 0.2) is 0 Å². The Morgan fingerprint density at radius 1 is 0.966 bits per heavy atom. The lowest BCUT2D eigenvalue weighted by Gasteiger charge is -2.34. The summed E-state index contributed by atoms with van der Waals surface area (Å²) >= 11 is 0. The first-order valence-electron chi connectivity index (χ1n) is 8.99. The standard InChI is InChI=1S/C20H22N2O6S/c1-14-3-8-17(28-2)18(13-14)29(26,27)22-11-9-21(10-12-22)19(23)15-4-6-16(7-5-15)20(24)25/h3-8,13H,9-12H2,1-2H3,(H,24,25)/p-1. The molecule has 1 aliphatic rings. The molecule has 0 saturated carbocycles. The molecular weight excluding hydrogens is 396 g/mol. The average molecular weight is 417 g/mol. The van der Waals surface area contributed by atoms with Crippen LogP contribution in [0, 0.1) is 6.92 Å². The molecule has 0 N–H and O–H groups in total. The molecule has 1 heterocycles. The van der Waals surface area contributed by atoms with Crippen molar-refractivity contribution in [1.29, 1.82) is 0 Å². The maximum absolute atomic E-state index is 13.0. The smallest absolute Gasteiger partial charge is 0.253 e. The molecule has 0 unspecified atom stereocenters. The summed E-state index contributed by atoms with van der Waals surface area (Å²) in [6.45, 7) is 2.58. The number of carboxylic acid groups (broad SMARTS) is 1. The second-order valence-corrected chi connectivity index (χ2v) is 8.62. The van der Waals surface area contributed by atoms with E-state index in [0.29, 0.717) is 5.56 Å². The van der Waals surface area contributed by atoms with Crippen LogP contribution in [0.5, 0.6) is 5.75 Å². The van der Waals surface area contributed by atoms with Crippen molar-refractivity contribution in [2.45, 2.75) is 11.8 Å². The second kappa shape index (κ2) is 8.22. The Balaban J connectivity index is 1.72. The number of hydrogen-bond acceptors (Lipinski definition) is 6. The Morgan fingerprint density at radius 2 is 1.55 bits per heavy atom. The van der Waals surface area contributed by atoms with Gasteiger partial charge < -0.3 is 19.5 Å². The number of rotatable bonds is 5. The molecule has 3 rings (SSSR count). The van der Waals surface area contributed by atoms with E-state index in [2.05, 4.69) is 0 Å². The summed E-state index contributed by atoms with van der Waals surface area (Å²) in [4.78, 5) is 25.1. The Morgan fingerprint density at radius 3 is 2.10 bits per heavy atom. The fourth-order valence-electron chi connectivity index (χ4n) is 3.19. The minimum Gasteiger partial charge on any atom is -0.545 e. The van der Waals surface area contributed by atoms with Crippen LogP contribution < -0.4 is 9.84 Å². The highest BCUT2D eigenvalue weighted by molar-refractivity contribution is 7.89. The predicted octanol–water partition coefficient (Wildman–Crippen LogP) is 0.514. The number of ether oxygens (including phenoxy) is 1. The minimum absolute atomic E-state index is 0.00966. The number of sulfonamides is 1. The summed E-state index contributed by atoms with van der Waals surface area (Å²) in [5.41, 5.74) is 1.13. The van der Waals surface area contributed by atoms with Gasteiger partial charge >= 0.3 is 0 Å². The van der Waals surface area contributed by atoms with Crippen LogP contribution in [0.15, 0.2) is 47.4 Å². The Bertz CT molecular complexity index is 1030. The average Bonchev–Trinajstić information content (AvgIpc) is 2.73. The molecule has 0 atom stereocenters. The van der Waals surface area contributed by atoms with Crippen molar-refractivity contribution in [3.63, 3.8) is 0 Å². The van der Waals surface area contributed by atoms with Crippen LogP contribution in [0.2, 0.25) is 0 Å². The minimum atomic E-state index is -3.76. The molecule has 2 aromatic carbocycles. The zero-order valence-electron chi connectivity index (χ0n) is 16.1. The molecule has 1 aliphatic heterocycles. The number of hydrogen-bond donors (Lipinski definition) is 0. The monoisotopic (exact) mass is 417 g/mol. The maximum atomic E-state index is 13.0. The molecule has 1 saturated heterocycles. The van der Waals surface area contributed by atoms with Crippen molar-refractivity contribution in [3.8, 4) is 5.75 Å². The van der Waals surface area contributed by atoms with Gasteiger partial charge in [0.05, 0.1) is 13.1 Å². The van der Waals surface area contributed by atoms with E-state index < -0.39 is 16.0 Å². The van der Waals surface area contributed by atoms with Crippen molar-refractivity contribution in [1.82, 2.24) is 9.21 Å². The van der Waals surface area contributed by atoms with E-state index in [1.165, 1.54) is 35.7 Å². The first-order valence-corrected chi connectivity index (χ1v) is 10.4. The van der Waals surface area contributed by atoms with Crippen LogP contribution in [0.3, 0.4) is 0 Å². The second-order valence-electron chi connectivity index (χ2n) is 6.72. The summed E-state index contributed by atoms with van der Waals surface area (Å²) in [5, 5.41) is 10.8. The largest absolute Gasteiger partial charge is 0.545 e. The van der Waals surface area contributed by atoms with Crippen molar-refractivity contribution >= 4 is 21.9 Å². The van der Waals surface area contributed by atoms with Gasteiger partial charge in [0, 0.05) is 31.7 Å². The normalized spacial score (nSPS) is 15.2. The fourth-order valence-corrected chi connectivity index (χ4v) is 4.85. The van der Waals surface area contributed by atoms with Gasteiger partial charge in [0.1, 0.15) is 10.6 Å². The lowest BCUT2D eigenvalue weighted by atomic mass is 10.1. The zero-order valence-corrected chi connectivity index (χ0v) is 16.9. The Labute approximate surface area is 169 Å². The third-order valence-electron chi connectivity index (χ3n) is 4.83. The predicted molar refractivity (Wildman–Crippen MR) is 103 cm³/mol. The Kier molecular flexibility index (Phi) is 5.90. The lowest BCUT2D eigenvalue weighted by Crippen LogP contribution is -2.50. The number of amides is 1. The number of aryl methyl sites for hydroxylation is 1. The zero-order chi connectivity index (χ0) is 21.2. The molecule has 8 nitrogen and oxygen atoms in total. The molecule has 2 aromatic rings. The number of carbonyl (C=O) groups excluding carboxylic acids is 2. The van der Waals surface area contributed by atoms with Gasteiger partial charge in [-0.15, -0.1) is 0 Å². The van der Waals surface area contributed by atoms with Crippen molar-refractivity contribution in [2.24, 2.45) is 0 Å². The third kappa shape index (κ3) is 4.25. The van der Waals surface area contributed by atoms with Gasteiger partial charge in [0.2, 0.25) is 10.0 Å². The number of carbonyl (C=O) groups is 2. The van der Waals surface area contributed by atoms with Gasteiger partial charge in [-0.1, -0.05) is 18.2 Å². The summed E-state index contributed by atoms with van der Waals surface area (Å²) in [6, 6.07) is 10.5. The van der Waals surface area contributed by atoms with Crippen LogP contribution in [0.25, 0.3) is 0 Å². The first-order chi connectivity index (χ1) is 13.7. The van der Waals surface area contributed by atoms with E-state index in [1.54, 1.807) is 30.0 Å². The summed E-state index contributed by atoms with van der Waals surface area (Å²) in [7, 11) is -2.34. The van der Waals surface area contributed by atoms with Gasteiger partial charge in [-0.3, -0.25) is 4.79 Å². The summed E-state index contributed by atoms with van der Waals surface area (Å²) in [6.07, 6.45) is 0. The van der Waals surface area contributed by atoms with Crippen LogP contribution in [-0.4, -0.2) is 62.8 Å². The van der Waals surface area contributed by atoms with Crippen LogP contribution in [0.4, 0.5) is 0 Å². The molecule has 0 spiro atoms. The molecular formula is C20H21N2O6S-. The first kappa shape index (κ1) is 20.8. The highest BCUT2D eigenvalue weighted by Crippen LogP contribution is 2.28. The maximum Gasteiger partial charge on any atom is 0.253 e. The molecule has 1 fully saturated rings. The topological polar surface area (TPSA) is 107 Å². The number of nitrogens with zero attached hydrogens (tertiary/aromatic N) is 2. The van der Waals surface area contributed by atoms with Gasteiger partial charge in [-0.2, -0.15) is 4.31 Å². The molecule has 154 valence electrons. The molecule has 1 amide bonds. The van der Waals surface area contributed by atoms with Gasteiger partial charge in [-0.05, 0) is 42.3 Å². The molecule has 0 radical (unpaired) electrons. The number of aromatic carboxylic acids is 1. The molecule has 29 heavy (non-hydrogen) atoms. The molecule has 0 aliphatic carbocycles. The summed E-state index contributed by atoms with van der Waals surface area (Å²) < 4.78 is 32.6. The summed E-state index contributed by atoms with van der Waals surface area (Å²) in [5.74, 6) is -1.31. The lowest BCUT2D eigenvalue weighted by molar-refractivity contribution is -0.255. The van der Waals surface area contributed by atoms with E-state index >= 15 is 0 Å². The van der Waals surface area contributed by atoms with E-state index in [9.17, 15) is 23.1 Å². The quantitative estimate of drug-likeness (QED) is 0.702.